The van der Waals surface area contributed by atoms with Crippen LogP contribution >= 0.6 is 11.9 Å². The van der Waals surface area contributed by atoms with Crippen molar-refractivity contribution in [1.29, 1.82) is 0 Å². The van der Waals surface area contributed by atoms with Gasteiger partial charge in [0, 0.05) is 62.6 Å². The Hall–Kier alpha value is -4.02. The zero-order valence-corrected chi connectivity index (χ0v) is 26.6. The molecular weight excluding hydrogens is 572 g/mol. The number of benzene rings is 2. The van der Waals surface area contributed by atoms with Crippen molar-refractivity contribution in [2.45, 2.75) is 56.6 Å². The fourth-order valence-corrected chi connectivity index (χ4v) is 6.94. The Morgan fingerprint density at radius 1 is 1.07 bits per heavy atom. The average Bonchev–Trinajstić information content (AvgIpc) is 3.64. The number of likely N-dealkylation sites (tertiary alicyclic amines) is 1. The second-order valence-corrected chi connectivity index (χ2v) is 13.8. The Labute approximate surface area is 263 Å². The van der Waals surface area contributed by atoms with Crippen LogP contribution in [0, 0.1) is 5.92 Å². The fourth-order valence-electron chi connectivity index (χ4n) is 6.13. The van der Waals surface area contributed by atoms with Gasteiger partial charge >= 0.3 is 6.09 Å². The zero-order chi connectivity index (χ0) is 30.8. The van der Waals surface area contributed by atoms with E-state index in [0.29, 0.717) is 23.9 Å². The standard InChI is InChI=1S/C34H40N6O3S/c1-34(2,3)43-33(42)39-18-7-8-25(21-39)29-23-40(30-10-6-5-9-28(29)30)37(4)44-27-14-11-24(12-15-27)20-36-32(41)26-13-16-31-35-17-19-38(31)22-26/h5-6,9-17,19,22,25,29H,7-8,18,20-21,23H2,1-4H3,(H,36,41). The van der Waals surface area contributed by atoms with Crippen molar-refractivity contribution in [3.05, 3.63) is 95.9 Å². The number of nitrogens with one attached hydrogen (secondary N) is 1. The number of rotatable bonds is 7. The van der Waals surface area contributed by atoms with Gasteiger partial charge in [-0.3, -0.25) is 9.80 Å². The van der Waals surface area contributed by atoms with Gasteiger partial charge in [0.15, 0.2) is 0 Å². The minimum absolute atomic E-state index is 0.117. The highest BCUT2D eigenvalue weighted by atomic mass is 32.2. The maximum Gasteiger partial charge on any atom is 0.410 e. The summed E-state index contributed by atoms with van der Waals surface area (Å²) in [6.07, 6.45) is 7.21. The van der Waals surface area contributed by atoms with Gasteiger partial charge in [-0.2, -0.15) is 4.41 Å². The number of para-hydroxylation sites is 1. The first-order chi connectivity index (χ1) is 21.1. The highest BCUT2D eigenvalue weighted by molar-refractivity contribution is 7.97. The first kappa shape index (κ1) is 30.0. The number of anilines is 1. The number of amides is 2. The molecule has 2 aromatic heterocycles. The second kappa shape index (κ2) is 12.5. The predicted molar refractivity (Wildman–Crippen MR) is 173 cm³/mol. The smallest absolute Gasteiger partial charge is 0.410 e. The lowest BCUT2D eigenvalue weighted by Gasteiger charge is -2.37. The van der Waals surface area contributed by atoms with Crippen LogP contribution in [0.1, 0.15) is 61.0 Å². The van der Waals surface area contributed by atoms with Crippen LogP contribution in [0.25, 0.3) is 5.65 Å². The monoisotopic (exact) mass is 612 g/mol. The van der Waals surface area contributed by atoms with Gasteiger partial charge in [0.05, 0.1) is 11.3 Å². The molecule has 4 aromatic rings. The molecule has 9 nitrogen and oxygen atoms in total. The average molecular weight is 613 g/mol. The molecule has 2 amide bonds. The number of hydrogen-bond donors (Lipinski definition) is 1. The lowest BCUT2D eigenvalue weighted by Crippen LogP contribution is -2.45. The molecule has 0 radical (unpaired) electrons. The van der Waals surface area contributed by atoms with Gasteiger partial charge in [-0.25, -0.2) is 9.78 Å². The van der Waals surface area contributed by atoms with E-state index in [1.165, 1.54) is 11.3 Å². The van der Waals surface area contributed by atoms with Crippen molar-refractivity contribution in [3.8, 4) is 0 Å². The van der Waals surface area contributed by atoms with Gasteiger partial charge in [-0.1, -0.05) is 30.3 Å². The number of carbonyl (C=O) groups is 2. The number of pyridine rings is 1. The Kier molecular flexibility index (Phi) is 8.55. The first-order valence-electron chi connectivity index (χ1n) is 15.2. The van der Waals surface area contributed by atoms with Gasteiger partial charge < -0.3 is 19.4 Å². The lowest BCUT2D eigenvalue weighted by atomic mass is 9.82. The normalized spacial score (nSPS) is 18.5. The van der Waals surface area contributed by atoms with E-state index in [-0.39, 0.29) is 12.0 Å². The van der Waals surface area contributed by atoms with E-state index in [4.69, 9.17) is 4.74 Å². The number of hydrazine groups is 1. The van der Waals surface area contributed by atoms with E-state index in [9.17, 15) is 9.59 Å². The van der Waals surface area contributed by atoms with E-state index in [0.717, 1.165) is 48.6 Å². The maximum atomic E-state index is 12.9. The quantitative estimate of drug-likeness (QED) is 0.243. The van der Waals surface area contributed by atoms with Crippen LogP contribution in [0.3, 0.4) is 0 Å². The molecule has 44 heavy (non-hydrogen) atoms. The molecule has 4 heterocycles. The molecular formula is C34H40N6O3S. The van der Waals surface area contributed by atoms with E-state index in [1.807, 2.05) is 42.3 Å². The van der Waals surface area contributed by atoms with Gasteiger partial charge in [-0.15, -0.1) is 0 Å². The molecule has 0 bridgehead atoms. The van der Waals surface area contributed by atoms with Crippen molar-refractivity contribution in [2.24, 2.45) is 5.92 Å². The highest BCUT2D eigenvalue weighted by Gasteiger charge is 2.39. The largest absolute Gasteiger partial charge is 0.444 e. The number of carbonyl (C=O) groups excluding carboxylic acids is 2. The third kappa shape index (κ3) is 6.71. The molecule has 2 atom stereocenters. The SMILES string of the molecule is CN(Sc1ccc(CNC(=O)c2ccc3nccn3c2)cc1)N1CC(C2CCCN(C(=O)OC(C)(C)C)C2)c2ccccc21. The van der Waals surface area contributed by atoms with E-state index >= 15 is 0 Å². The van der Waals surface area contributed by atoms with Crippen molar-refractivity contribution in [2.75, 3.05) is 31.7 Å². The minimum atomic E-state index is -0.497. The van der Waals surface area contributed by atoms with Gasteiger partial charge in [0.2, 0.25) is 0 Å². The van der Waals surface area contributed by atoms with Gasteiger partial charge in [-0.05, 0) is 92.9 Å². The molecule has 2 aromatic carbocycles. The fraction of sp³-hybridized carbons (Fsp3) is 0.382. The van der Waals surface area contributed by atoms with E-state index < -0.39 is 5.60 Å². The first-order valence-corrected chi connectivity index (χ1v) is 16.0. The Balaban J connectivity index is 1.07. The topological polar surface area (TPSA) is 82.4 Å². The molecule has 0 aliphatic carbocycles. The molecule has 10 heteroatoms. The number of piperidine rings is 1. The van der Waals surface area contributed by atoms with Crippen molar-refractivity contribution >= 4 is 35.3 Å². The zero-order valence-electron chi connectivity index (χ0n) is 25.8. The van der Waals surface area contributed by atoms with Crippen LogP contribution in [0.4, 0.5) is 10.5 Å². The summed E-state index contributed by atoms with van der Waals surface area (Å²) in [6.45, 7) is 8.54. The van der Waals surface area contributed by atoms with Crippen molar-refractivity contribution < 1.29 is 14.3 Å². The van der Waals surface area contributed by atoms with Crippen LogP contribution in [-0.4, -0.2) is 63.0 Å². The summed E-state index contributed by atoms with van der Waals surface area (Å²) in [5, 5.41) is 5.36. The number of imidazole rings is 1. The number of nitrogens with zero attached hydrogens (tertiary/aromatic N) is 5. The molecule has 1 saturated heterocycles. The molecule has 2 unspecified atom stereocenters. The summed E-state index contributed by atoms with van der Waals surface area (Å²) in [4.78, 5) is 32.8. The van der Waals surface area contributed by atoms with E-state index in [2.05, 4.69) is 75.3 Å². The lowest BCUT2D eigenvalue weighted by molar-refractivity contribution is 0.0153. The highest BCUT2D eigenvalue weighted by Crippen LogP contribution is 2.45. The Morgan fingerprint density at radius 2 is 1.86 bits per heavy atom. The number of ether oxygens (including phenoxy) is 1. The summed E-state index contributed by atoms with van der Waals surface area (Å²) >= 11 is 1.68. The number of hydrogen-bond acceptors (Lipinski definition) is 7. The maximum absolute atomic E-state index is 12.9. The summed E-state index contributed by atoms with van der Waals surface area (Å²) in [5.74, 6) is 0.588. The third-order valence-electron chi connectivity index (χ3n) is 8.27. The van der Waals surface area contributed by atoms with Crippen molar-refractivity contribution in [3.63, 3.8) is 0 Å². The Bertz CT molecular complexity index is 1630. The van der Waals surface area contributed by atoms with Gasteiger partial charge in [0.1, 0.15) is 11.2 Å². The van der Waals surface area contributed by atoms with Gasteiger partial charge in [0.25, 0.3) is 5.91 Å². The van der Waals surface area contributed by atoms with Crippen LogP contribution in [-0.2, 0) is 11.3 Å². The van der Waals surface area contributed by atoms with E-state index in [1.54, 1.807) is 30.4 Å². The molecule has 2 aliphatic rings. The van der Waals surface area contributed by atoms with Crippen LogP contribution < -0.4 is 10.3 Å². The number of fused-ring (bicyclic) bond motifs is 2. The molecule has 2 aliphatic heterocycles. The summed E-state index contributed by atoms with van der Waals surface area (Å²) < 4.78 is 9.74. The van der Waals surface area contributed by atoms with Crippen molar-refractivity contribution in [1.82, 2.24) is 24.0 Å². The Morgan fingerprint density at radius 3 is 2.66 bits per heavy atom. The second-order valence-electron chi connectivity index (χ2n) is 12.6. The summed E-state index contributed by atoms with van der Waals surface area (Å²) in [6, 6.07) is 20.6. The van der Waals surface area contributed by atoms with Crippen LogP contribution in [0.15, 0.2) is 84.1 Å². The molecule has 0 spiro atoms. The third-order valence-corrected chi connectivity index (χ3v) is 9.21. The molecule has 6 rings (SSSR count). The molecule has 1 fully saturated rings. The van der Waals surface area contributed by atoms with Crippen LogP contribution in [0.5, 0.6) is 0 Å². The molecule has 1 N–H and O–H groups in total. The summed E-state index contributed by atoms with van der Waals surface area (Å²) in [7, 11) is 2.10. The summed E-state index contributed by atoms with van der Waals surface area (Å²) in [5.41, 5.74) is 4.51. The minimum Gasteiger partial charge on any atom is -0.444 e. The van der Waals surface area contributed by atoms with Crippen LogP contribution in [0.2, 0.25) is 0 Å². The molecule has 230 valence electrons. The molecule has 0 saturated carbocycles. The number of aromatic nitrogens is 2. The predicted octanol–water partition coefficient (Wildman–Crippen LogP) is 6.37.